The molecule has 0 bridgehead atoms. The molecule has 0 amide bonds. The molecule has 4 aromatic rings. The smallest absolute Gasteiger partial charge is 0.231 e. The van der Waals surface area contributed by atoms with Crippen molar-refractivity contribution >= 4 is 28.6 Å². The molecule has 1 aliphatic rings. The molecule has 114 valence electrons. The number of aliphatic hydroxyl groups is 1. The van der Waals surface area contributed by atoms with Gasteiger partial charge in [-0.15, -0.1) is 5.10 Å². The summed E-state index contributed by atoms with van der Waals surface area (Å²) >= 11 is 1.60. The van der Waals surface area contributed by atoms with Crippen LogP contribution in [-0.2, 0) is 6.42 Å². The van der Waals surface area contributed by atoms with Gasteiger partial charge in [-0.2, -0.15) is 0 Å². The van der Waals surface area contributed by atoms with Crippen LogP contribution in [0.1, 0.15) is 17.2 Å². The molecule has 2 aromatic carbocycles. The molecule has 5 nitrogen and oxygen atoms in total. The molecule has 0 unspecified atom stereocenters. The minimum Gasteiger partial charge on any atom is -0.387 e. The summed E-state index contributed by atoms with van der Waals surface area (Å²) in [7, 11) is 0. The van der Waals surface area contributed by atoms with Crippen molar-refractivity contribution in [3.05, 3.63) is 59.7 Å². The number of hydrogen-bond donors (Lipinski definition) is 2. The fourth-order valence-corrected chi connectivity index (χ4v) is 4.50. The molecule has 0 saturated carbocycles. The molecule has 2 N–H and O–H groups in total. The zero-order valence-corrected chi connectivity index (χ0v) is 13.0. The van der Waals surface area contributed by atoms with Gasteiger partial charge in [0.15, 0.2) is 5.16 Å². The Morgan fingerprint density at radius 2 is 1.96 bits per heavy atom. The third-order valence-corrected chi connectivity index (χ3v) is 5.62. The van der Waals surface area contributed by atoms with Crippen LogP contribution in [0.2, 0.25) is 0 Å². The Balaban J connectivity index is 1.55. The number of benzene rings is 2. The van der Waals surface area contributed by atoms with E-state index in [4.69, 9.17) is 0 Å². The second kappa shape index (κ2) is 4.84. The highest BCUT2D eigenvalue weighted by Gasteiger charge is 2.32. The standard InChI is InChI=1S/C17H14N4OS/c22-15-11-6-2-1-5-10(11)9-14(15)23-17-20-19-16-18-12-7-3-4-8-13(12)21(16)17/h1-8,14-15,22H,9H2,(H,18,19)/t14-,15-/m0/s1. The van der Waals surface area contributed by atoms with Gasteiger partial charge >= 0.3 is 0 Å². The summed E-state index contributed by atoms with van der Waals surface area (Å²) in [4.78, 5) is 4.54. The molecule has 5 rings (SSSR count). The Labute approximate surface area is 136 Å². The van der Waals surface area contributed by atoms with E-state index in [-0.39, 0.29) is 5.25 Å². The van der Waals surface area contributed by atoms with Crippen molar-refractivity contribution in [1.29, 1.82) is 0 Å². The average Bonchev–Trinajstić information content (AvgIpc) is 3.22. The topological polar surface area (TPSA) is 66.2 Å². The van der Waals surface area contributed by atoms with E-state index >= 15 is 0 Å². The molecule has 0 fully saturated rings. The van der Waals surface area contributed by atoms with Crippen molar-refractivity contribution in [2.75, 3.05) is 0 Å². The van der Waals surface area contributed by atoms with Gasteiger partial charge in [0.25, 0.3) is 0 Å². The summed E-state index contributed by atoms with van der Waals surface area (Å²) in [5, 5.41) is 18.9. The fourth-order valence-electron chi connectivity index (χ4n) is 3.30. The summed E-state index contributed by atoms with van der Waals surface area (Å²) in [6, 6.07) is 16.1. The van der Waals surface area contributed by atoms with Crippen molar-refractivity contribution in [3.63, 3.8) is 0 Å². The number of rotatable bonds is 2. The number of aromatic nitrogens is 4. The minimum atomic E-state index is -0.460. The van der Waals surface area contributed by atoms with E-state index in [9.17, 15) is 5.11 Å². The van der Waals surface area contributed by atoms with Gasteiger partial charge < -0.3 is 5.11 Å². The third-order valence-electron chi connectivity index (χ3n) is 4.41. The lowest BCUT2D eigenvalue weighted by Crippen LogP contribution is -2.10. The summed E-state index contributed by atoms with van der Waals surface area (Å²) in [5.74, 6) is 0.735. The van der Waals surface area contributed by atoms with Gasteiger partial charge in [0.05, 0.1) is 17.1 Å². The molecule has 23 heavy (non-hydrogen) atoms. The third kappa shape index (κ3) is 1.92. The second-order valence-electron chi connectivity index (χ2n) is 5.77. The zero-order valence-electron chi connectivity index (χ0n) is 12.2. The van der Waals surface area contributed by atoms with E-state index in [1.807, 2.05) is 46.9 Å². The van der Waals surface area contributed by atoms with Crippen LogP contribution in [0.25, 0.3) is 16.8 Å². The van der Waals surface area contributed by atoms with E-state index in [0.717, 1.165) is 34.0 Å². The maximum atomic E-state index is 10.6. The lowest BCUT2D eigenvalue weighted by molar-refractivity contribution is 0.185. The fraction of sp³-hybridized carbons (Fsp3) is 0.176. The molecule has 0 radical (unpaired) electrons. The summed E-state index contributed by atoms with van der Waals surface area (Å²) in [6.07, 6.45) is 0.390. The average molecular weight is 322 g/mol. The number of fused-ring (bicyclic) bond motifs is 4. The molecule has 1 aliphatic carbocycles. The van der Waals surface area contributed by atoms with Gasteiger partial charge in [0.2, 0.25) is 5.78 Å². The summed E-state index contributed by atoms with van der Waals surface area (Å²) < 4.78 is 2.02. The predicted molar refractivity (Wildman–Crippen MR) is 89.6 cm³/mol. The van der Waals surface area contributed by atoms with Gasteiger partial charge in [-0.1, -0.05) is 48.2 Å². The number of nitrogens with zero attached hydrogens (tertiary/aromatic N) is 3. The molecular weight excluding hydrogens is 308 g/mol. The van der Waals surface area contributed by atoms with Crippen LogP contribution < -0.4 is 0 Å². The normalized spacial score (nSPS) is 20.4. The molecule has 0 spiro atoms. The van der Waals surface area contributed by atoms with Gasteiger partial charge in [-0.3, -0.25) is 4.40 Å². The minimum absolute atomic E-state index is 0.0695. The van der Waals surface area contributed by atoms with Crippen molar-refractivity contribution in [1.82, 2.24) is 19.6 Å². The van der Waals surface area contributed by atoms with Gasteiger partial charge in [0.1, 0.15) is 0 Å². The Hall–Kier alpha value is -2.31. The first-order valence-corrected chi connectivity index (χ1v) is 8.43. The Kier molecular flexibility index (Phi) is 2.77. The maximum Gasteiger partial charge on any atom is 0.231 e. The first-order chi connectivity index (χ1) is 11.3. The van der Waals surface area contributed by atoms with Gasteiger partial charge in [-0.05, 0) is 29.7 Å². The predicted octanol–water partition coefficient (Wildman–Crippen LogP) is 2.96. The second-order valence-corrected chi connectivity index (χ2v) is 6.98. The highest BCUT2D eigenvalue weighted by Crippen LogP contribution is 2.41. The zero-order chi connectivity index (χ0) is 15.4. The number of hydrogen-bond acceptors (Lipinski definition) is 4. The van der Waals surface area contributed by atoms with E-state index in [1.165, 1.54) is 5.56 Å². The van der Waals surface area contributed by atoms with Crippen LogP contribution in [0.4, 0.5) is 0 Å². The molecule has 2 atom stereocenters. The van der Waals surface area contributed by atoms with Crippen molar-refractivity contribution in [2.45, 2.75) is 22.9 Å². The molecular formula is C17H14N4OS. The summed E-state index contributed by atoms with van der Waals surface area (Å²) in [6.45, 7) is 0. The summed E-state index contributed by atoms with van der Waals surface area (Å²) in [5.41, 5.74) is 4.23. The molecule has 2 heterocycles. The van der Waals surface area contributed by atoms with Crippen LogP contribution >= 0.6 is 11.8 Å². The van der Waals surface area contributed by atoms with Crippen LogP contribution in [0.3, 0.4) is 0 Å². The first kappa shape index (κ1) is 13.2. The largest absolute Gasteiger partial charge is 0.387 e. The Bertz CT molecular complexity index is 1020. The number of thioether (sulfide) groups is 1. The maximum absolute atomic E-state index is 10.6. The molecule has 0 saturated heterocycles. The SMILES string of the molecule is O[C@H]1c2ccccc2C[C@@H]1Sc1n[nH]c2nc3ccccc3n12. The Morgan fingerprint density at radius 1 is 1.13 bits per heavy atom. The van der Waals surface area contributed by atoms with E-state index in [0.29, 0.717) is 0 Å². The Morgan fingerprint density at radius 3 is 2.87 bits per heavy atom. The number of H-pyrrole nitrogens is 1. The monoisotopic (exact) mass is 322 g/mol. The van der Waals surface area contributed by atoms with E-state index in [2.05, 4.69) is 21.2 Å². The number of aliphatic hydroxyl groups excluding tert-OH is 1. The number of aromatic amines is 1. The number of para-hydroxylation sites is 2. The van der Waals surface area contributed by atoms with Crippen LogP contribution in [-0.4, -0.2) is 29.9 Å². The lowest BCUT2D eigenvalue weighted by atomic mass is 10.1. The molecule has 6 heteroatoms. The lowest BCUT2D eigenvalue weighted by Gasteiger charge is -2.13. The van der Waals surface area contributed by atoms with E-state index < -0.39 is 6.10 Å². The van der Waals surface area contributed by atoms with Crippen LogP contribution in [0.5, 0.6) is 0 Å². The van der Waals surface area contributed by atoms with Crippen molar-refractivity contribution in [2.24, 2.45) is 0 Å². The highest BCUT2D eigenvalue weighted by atomic mass is 32.2. The van der Waals surface area contributed by atoms with Crippen LogP contribution in [0, 0.1) is 0 Å². The first-order valence-electron chi connectivity index (χ1n) is 7.55. The van der Waals surface area contributed by atoms with Crippen molar-refractivity contribution < 1.29 is 5.11 Å². The van der Waals surface area contributed by atoms with E-state index in [1.54, 1.807) is 11.8 Å². The van der Waals surface area contributed by atoms with Gasteiger partial charge in [0, 0.05) is 5.25 Å². The highest BCUT2D eigenvalue weighted by molar-refractivity contribution is 7.99. The molecule has 0 aliphatic heterocycles. The van der Waals surface area contributed by atoms with Crippen molar-refractivity contribution in [3.8, 4) is 0 Å². The number of nitrogens with one attached hydrogen (secondary N) is 1. The molecule has 2 aromatic heterocycles. The number of imidazole rings is 1. The quantitative estimate of drug-likeness (QED) is 0.595. The van der Waals surface area contributed by atoms with Crippen LogP contribution in [0.15, 0.2) is 53.7 Å². The van der Waals surface area contributed by atoms with Gasteiger partial charge in [-0.25, -0.2) is 10.1 Å².